The molecule has 0 saturated heterocycles. The van der Waals surface area contributed by atoms with Crippen LogP contribution in [0.4, 0.5) is 0 Å². The molecule has 1 aliphatic rings. The molecule has 4 heteroatoms. The molecule has 3 N–H and O–H groups in total. The monoisotopic (exact) mass is 288 g/mol. The van der Waals surface area contributed by atoms with Gasteiger partial charge in [-0.2, -0.15) is 0 Å². The Kier molecular flexibility index (Phi) is 4.20. The average molecular weight is 289 g/mol. The Hall–Kier alpha value is 0.100. The molecule has 0 spiro atoms. The highest BCUT2D eigenvalue weighted by Gasteiger charge is 2.18. The Morgan fingerprint density at radius 3 is 2.73 bits per heavy atom. The van der Waals surface area contributed by atoms with Crippen molar-refractivity contribution in [3.8, 4) is 0 Å². The summed E-state index contributed by atoms with van der Waals surface area (Å²) in [5.41, 5.74) is 5.88. The van der Waals surface area contributed by atoms with Crippen LogP contribution in [0.1, 0.15) is 30.6 Å². The molecule has 1 fully saturated rings. The van der Waals surface area contributed by atoms with Crippen molar-refractivity contribution >= 4 is 27.3 Å². The van der Waals surface area contributed by atoms with Gasteiger partial charge < -0.3 is 11.1 Å². The van der Waals surface area contributed by atoms with Gasteiger partial charge in [-0.15, -0.1) is 11.3 Å². The van der Waals surface area contributed by atoms with E-state index in [4.69, 9.17) is 5.73 Å². The van der Waals surface area contributed by atoms with Crippen molar-refractivity contribution in [2.45, 2.75) is 44.3 Å². The van der Waals surface area contributed by atoms with E-state index in [-0.39, 0.29) is 0 Å². The van der Waals surface area contributed by atoms with Gasteiger partial charge in [0.2, 0.25) is 0 Å². The molecule has 0 unspecified atom stereocenters. The number of hydrogen-bond donors (Lipinski definition) is 2. The number of hydrogen-bond acceptors (Lipinski definition) is 3. The van der Waals surface area contributed by atoms with Crippen LogP contribution in [0, 0.1) is 0 Å². The van der Waals surface area contributed by atoms with Gasteiger partial charge in [-0.25, -0.2) is 0 Å². The maximum absolute atomic E-state index is 5.88. The van der Waals surface area contributed by atoms with Gasteiger partial charge in [-0.1, -0.05) is 0 Å². The van der Waals surface area contributed by atoms with Crippen LogP contribution in [0.5, 0.6) is 0 Å². The molecule has 1 aromatic rings. The fraction of sp³-hybridized carbons (Fsp3) is 0.636. The lowest BCUT2D eigenvalue weighted by atomic mass is 9.92. The third kappa shape index (κ3) is 3.28. The molecular formula is C11H17BrN2S. The Bertz CT molecular complexity index is 305. The lowest BCUT2D eigenvalue weighted by Crippen LogP contribution is -2.36. The van der Waals surface area contributed by atoms with Gasteiger partial charge in [0.1, 0.15) is 0 Å². The highest BCUT2D eigenvalue weighted by atomic mass is 79.9. The maximum Gasteiger partial charge on any atom is 0.0327 e. The summed E-state index contributed by atoms with van der Waals surface area (Å²) in [5, 5.41) is 5.73. The lowest BCUT2D eigenvalue weighted by molar-refractivity contribution is 0.342. The van der Waals surface area contributed by atoms with Gasteiger partial charge in [0, 0.05) is 28.0 Å². The summed E-state index contributed by atoms with van der Waals surface area (Å²) in [6.45, 7) is 0.984. The summed E-state index contributed by atoms with van der Waals surface area (Å²) in [6, 6.07) is 3.22. The summed E-state index contributed by atoms with van der Waals surface area (Å²) in [4.78, 5) is 1.39. The van der Waals surface area contributed by atoms with Crippen molar-refractivity contribution in [3.63, 3.8) is 0 Å². The van der Waals surface area contributed by atoms with E-state index in [2.05, 4.69) is 32.7 Å². The Morgan fingerprint density at radius 1 is 1.40 bits per heavy atom. The molecule has 2 rings (SSSR count). The van der Waals surface area contributed by atoms with E-state index in [1.165, 1.54) is 35.0 Å². The van der Waals surface area contributed by atoms with E-state index in [9.17, 15) is 0 Å². The molecule has 0 atom stereocenters. The Labute approximate surface area is 103 Å². The van der Waals surface area contributed by atoms with Crippen LogP contribution in [0.15, 0.2) is 15.9 Å². The molecular weight excluding hydrogens is 272 g/mol. The molecule has 15 heavy (non-hydrogen) atoms. The van der Waals surface area contributed by atoms with Crippen LogP contribution >= 0.6 is 27.3 Å². The predicted molar refractivity (Wildman–Crippen MR) is 69.1 cm³/mol. The number of nitrogens with two attached hydrogens (primary N) is 1. The zero-order valence-electron chi connectivity index (χ0n) is 8.71. The second-order valence-electron chi connectivity index (χ2n) is 4.18. The summed E-state index contributed by atoms with van der Waals surface area (Å²) < 4.78 is 1.23. The van der Waals surface area contributed by atoms with E-state index in [1.54, 1.807) is 11.3 Å². The highest BCUT2D eigenvalue weighted by molar-refractivity contribution is 9.10. The van der Waals surface area contributed by atoms with Crippen LogP contribution in [0.3, 0.4) is 0 Å². The Balaban J connectivity index is 1.77. The summed E-state index contributed by atoms with van der Waals surface area (Å²) in [5.74, 6) is 0. The fourth-order valence-corrected chi connectivity index (χ4v) is 3.45. The lowest BCUT2D eigenvalue weighted by Gasteiger charge is -2.26. The maximum atomic E-state index is 5.88. The van der Waals surface area contributed by atoms with E-state index < -0.39 is 0 Å². The van der Waals surface area contributed by atoms with Crippen molar-refractivity contribution in [1.29, 1.82) is 0 Å². The van der Waals surface area contributed by atoms with Gasteiger partial charge in [-0.05, 0) is 53.1 Å². The second-order valence-corrected chi connectivity index (χ2v) is 6.04. The van der Waals surface area contributed by atoms with Gasteiger partial charge in [0.15, 0.2) is 0 Å². The molecule has 1 heterocycles. The minimum atomic E-state index is 0.441. The third-order valence-electron chi connectivity index (χ3n) is 3.01. The average Bonchev–Trinajstić information content (AvgIpc) is 2.63. The van der Waals surface area contributed by atoms with Crippen molar-refractivity contribution in [3.05, 3.63) is 20.8 Å². The topological polar surface area (TPSA) is 38.0 Å². The van der Waals surface area contributed by atoms with Crippen LogP contribution < -0.4 is 11.1 Å². The van der Waals surface area contributed by atoms with Crippen molar-refractivity contribution in [1.82, 2.24) is 5.32 Å². The number of thiophene rings is 1. The molecule has 0 bridgehead atoms. The molecule has 0 radical (unpaired) electrons. The third-order valence-corrected chi connectivity index (χ3v) is 4.94. The summed E-state index contributed by atoms with van der Waals surface area (Å²) in [7, 11) is 0. The first-order valence-electron chi connectivity index (χ1n) is 5.46. The van der Waals surface area contributed by atoms with E-state index in [0.717, 1.165) is 6.54 Å². The van der Waals surface area contributed by atoms with Gasteiger partial charge in [0.05, 0.1) is 0 Å². The fourth-order valence-electron chi connectivity index (χ4n) is 2.01. The molecule has 1 aliphatic carbocycles. The first-order chi connectivity index (χ1) is 7.25. The second kappa shape index (κ2) is 5.43. The van der Waals surface area contributed by atoms with Gasteiger partial charge in [0.25, 0.3) is 0 Å². The SMILES string of the molecule is NC1CCC(NCc2sccc2Br)CC1. The van der Waals surface area contributed by atoms with E-state index in [0.29, 0.717) is 12.1 Å². The summed E-state index contributed by atoms with van der Waals surface area (Å²) in [6.07, 6.45) is 4.79. The van der Waals surface area contributed by atoms with Crippen LogP contribution in [-0.2, 0) is 6.54 Å². The Morgan fingerprint density at radius 2 is 2.13 bits per heavy atom. The van der Waals surface area contributed by atoms with E-state index in [1.807, 2.05) is 0 Å². The largest absolute Gasteiger partial charge is 0.328 e. The van der Waals surface area contributed by atoms with Crippen molar-refractivity contribution in [2.24, 2.45) is 5.73 Å². The van der Waals surface area contributed by atoms with Crippen molar-refractivity contribution < 1.29 is 0 Å². The molecule has 0 aromatic carbocycles. The molecule has 0 amide bonds. The minimum absolute atomic E-state index is 0.441. The number of nitrogens with one attached hydrogen (secondary N) is 1. The molecule has 0 aliphatic heterocycles. The van der Waals surface area contributed by atoms with E-state index >= 15 is 0 Å². The zero-order chi connectivity index (χ0) is 10.7. The van der Waals surface area contributed by atoms with Crippen LogP contribution in [0.25, 0.3) is 0 Å². The first-order valence-corrected chi connectivity index (χ1v) is 7.14. The van der Waals surface area contributed by atoms with Crippen LogP contribution in [-0.4, -0.2) is 12.1 Å². The first kappa shape index (κ1) is 11.6. The standard InChI is InChI=1S/C11H17BrN2S/c12-10-5-6-15-11(10)7-14-9-3-1-8(13)2-4-9/h5-6,8-9,14H,1-4,7,13H2. The molecule has 1 saturated carbocycles. The molecule has 1 aromatic heterocycles. The highest BCUT2D eigenvalue weighted by Crippen LogP contribution is 2.23. The van der Waals surface area contributed by atoms with Gasteiger partial charge in [-0.3, -0.25) is 0 Å². The van der Waals surface area contributed by atoms with Crippen molar-refractivity contribution in [2.75, 3.05) is 0 Å². The normalized spacial score (nSPS) is 26.8. The predicted octanol–water partition coefficient (Wildman–Crippen LogP) is 2.87. The molecule has 84 valence electrons. The number of rotatable bonds is 3. The number of halogens is 1. The molecule has 2 nitrogen and oxygen atoms in total. The smallest absolute Gasteiger partial charge is 0.0327 e. The van der Waals surface area contributed by atoms with Crippen LogP contribution in [0.2, 0.25) is 0 Å². The van der Waals surface area contributed by atoms with Gasteiger partial charge >= 0.3 is 0 Å². The minimum Gasteiger partial charge on any atom is -0.328 e. The quantitative estimate of drug-likeness (QED) is 0.898. The zero-order valence-corrected chi connectivity index (χ0v) is 11.1. The summed E-state index contributed by atoms with van der Waals surface area (Å²) >= 11 is 5.36.